The van der Waals surface area contributed by atoms with Gasteiger partial charge in [-0.25, -0.2) is 9.59 Å². The number of alkyl halides is 6. The number of carboxylic acid groups (broad SMARTS) is 2. The first-order valence-corrected chi connectivity index (χ1v) is 9.71. The van der Waals surface area contributed by atoms with E-state index in [2.05, 4.69) is 34.7 Å². The van der Waals surface area contributed by atoms with Crippen LogP contribution < -0.4 is 0 Å². The lowest BCUT2D eigenvalue weighted by Gasteiger charge is -2.39. The summed E-state index contributed by atoms with van der Waals surface area (Å²) in [6.07, 6.45) is -5.99. The molecular weight excluding hydrogens is 464 g/mol. The van der Waals surface area contributed by atoms with Crippen molar-refractivity contribution in [2.45, 2.75) is 50.9 Å². The van der Waals surface area contributed by atoms with Crippen molar-refractivity contribution in [1.82, 2.24) is 14.8 Å². The zero-order valence-corrected chi connectivity index (χ0v) is 17.8. The molecule has 14 heteroatoms. The molecule has 0 bridgehead atoms. The maximum atomic E-state index is 10.6. The maximum absolute atomic E-state index is 10.6. The Kier molecular flexibility index (Phi) is 10.5. The molecule has 0 unspecified atom stereocenters. The molecule has 1 aromatic heterocycles. The fourth-order valence-corrected chi connectivity index (χ4v) is 3.31. The van der Waals surface area contributed by atoms with Crippen LogP contribution in [0.25, 0.3) is 0 Å². The zero-order valence-electron chi connectivity index (χ0n) is 17.8. The van der Waals surface area contributed by atoms with Crippen molar-refractivity contribution in [2.75, 3.05) is 26.2 Å². The lowest BCUT2D eigenvalue weighted by atomic mass is 10.1. The molecule has 0 spiro atoms. The second kappa shape index (κ2) is 12.1. The van der Waals surface area contributed by atoms with E-state index in [0.29, 0.717) is 18.2 Å². The Bertz CT molecular complexity index is 737. The molecule has 2 atom stereocenters. The van der Waals surface area contributed by atoms with Gasteiger partial charge >= 0.3 is 24.3 Å². The molecule has 3 rings (SSSR count). The molecule has 2 saturated heterocycles. The summed E-state index contributed by atoms with van der Waals surface area (Å²) in [5, 5.41) is 14.2. The van der Waals surface area contributed by atoms with Crippen molar-refractivity contribution in [1.29, 1.82) is 0 Å². The number of carboxylic acids is 2. The van der Waals surface area contributed by atoms with Gasteiger partial charge in [0.05, 0.1) is 18.8 Å². The Hall–Kier alpha value is -2.45. The monoisotopic (exact) mass is 489 g/mol. The number of aliphatic carboxylic acids is 2. The SMILES string of the molecule is CC(C)N1CCO[C@H]2CN(Cc3cccnc3)C[C@H]21.O=C(O)C(F)(F)F.O=C(O)C(F)(F)F. The number of nitrogens with zero attached hydrogens (tertiary/aromatic N) is 3. The van der Waals surface area contributed by atoms with E-state index in [1.165, 1.54) is 5.56 Å². The van der Waals surface area contributed by atoms with Crippen LogP contribution in [-0.4, -0.2) is 93.7 Å². The molecule has 0 amide bonds. The van der Waals surface area contributed by atoms with Crippen molar-refractivity contribution in [3.05, 3.63) is 30.1 Å². The molecule has 2 N–H and O–H groups in total. The van der Waals surface area contributed by atoms with E-state index in [0.717, 1.165) is 32.8 Å². The molecule has 2 fully saturated rings. The predicted molar refractivity (Wildman–Crippen MR) is 102 cm³/mol. The first-order valence-electron chi connectivity index (χ1n) is 9.71. The van der Waals surface area contributed by atoms with E-state index in [-0.39, 0.29) is 0 Å². The Labute approximate surface area is 185 Å². The first-order chi connectivity index (χ1) is 15.1. The highest BCUT2D eigenvalue weighted by Gasteiger charge is 2.41. The lowest BCUT2D eigenvalue weighted by Crippen LogP contribution is -2.53. The van der Waals surface area contributed by atoms with Crippen LogP contribution >= 0.6 is 0 Å². The molecular formula is C19H25F6N3O5. The summed E-state index contributed by atoms with van der Waals surface area (Å²) < 4.78 is 69.4. The molecule has 3 heterocycles. The lowest BCUT2D eigenvalue weighted by molar-refractivity contribution is -0.193. The second-order valence-electron chi connectivity index (χ2n) is 7.47. The van der Waals surface area contributed by atoms with Gasteiger partial charge in [-0.3, -0.25) is 14.8 Å². The summed E-state index contributed by atoms with van der Waals surface area (Å²) in [6.45, 7) is 9.65. The number of likely N-dealkylation sites (tertiary alicyclic amines) is 1. The van der Waals surface area contributed by atoms with E-state index in [9.17, 15) is 26.3 Å². The maximum Gasteiger partial charge on any atom is 0.490 e. The minimum Gasteiger partial charge on any atom is -0.475 e. The molecule has 188 valence electrons. The number of carbonyl (C=O) groups is 2. The van der Waals surface area contributed by atoms with Gasteiger partial charge in [-0.1, -0.05) is 6.07 Å². The van der Waals surface area contributed by atoms with Crippen molar-refractivity contribution in [3.63, 3.8) is 0 Å². The van der Waals surface area contributed by atoms with Crippen LogP contribution in [0.1, 0.15) is 19.4 Å². The Morgan fingerprint density at radius 1 is 1.12 bits per heavy atom. The molecule has 0 radical (unpaired) electrons. The number of hydrogen-bond donors (Lipinski definition) is 2. The van der Waals surface area contributed by atoms with Crippen molar-refractivity contribution in [2.24, 2.45) is 0 Å². The van der Waals surface area contributed by atoms with Crippen molar-refractivity contribution >= 4 is 11.9 Å². The average Bonchev–Trinajstić information content (AvgIpc) is 3.10. The summed E-state index contributed by atoms with van der Waals surface area (Å²) in [6, 6.07) is 5.32. The number of morpholine rings is 1. The van der Waals surface area contributed by atoms with Gasteiger partial charge < -0.3 is 14.9 Å². The summed E-state index contributed by atoms with van der Waals surface area (Å²) in [5.74, 6) is -5.51. The number of aromatic nitrogens is 1. The van der Waals surface area contributed by atoms with Gasteiger partial charge in [0, 0.05) is 44.6 Å². The standard InChI is InChI=1S/C15H23N3O.2C2HF3O2/c1-12(2)18-6-7-19-15-11-17(10-14(15)18)9-13-4-3-5-16-8-13;2*3-2(4,5)1(6)7/h3-5,8,12,14-15H,6-7,9-11H2,1-2H3;2*(H,6,7)/t14-,15+;;/m1../s1. The average molecular weight is 489 g/mol. The van der Waals surface area contributed by atoms with Gasteiger partial charge in [-0.05, 0) is 25.5 Å². The summed E-state index contributed by atoms with van der Waals surface area (Å²) in [5.41, 5.74) is 1.29. The summed E-state index contributed by atoms with van der Waals surface area (Å²) in [7, 11) is 0. The van der Waals surface area contributed by atoms with E-state index in [1.807, 2.05) is 18.5 Å². The topological polar surface area (TPSA) is 103 Å². The first kappa shape index (κ1) is 28.6. The fraction of sp³-hybridized carbons (Fsp3) is 0.632. The minimum absolute atomic E-state index is 0.382. The predicted octanol–water partition coefficient (Wildman–Crippen LogP) is 2.64. The molecule has 0 saturated carbocycles. The number of halogens is 6. The van der Waals surface area contributed by atoms with Crippen LogP contribution in [-0.2, 0) is 20.9 Å². The molecule has 2 aliphatic heterocycles. The van der Waals surface area contributed by atoms with Crippen LogP contribution in [0.2, 0.25) is 0 Å². The van der Waals surface area contributed by atoms with Crippen LogP contribution in [0, 0.1) is 0 Å². The highest BCUT2D eigenvalue weighted by Crippen LogP contribution is 2.25. The van der Waals surface area contributed by atoms with Crippen molar-refractivity contribution < 1.29 is 50.9 Å². The highest BCUT2D eigenvalue weighted by atomic mass is 19.4. The molecule has 1 aromatic rings. The Morgan fingerprint density at radius 3 is 2.09 bits per heavy atom. The highest BCUT2D eigenvalue weighted by molar-refractivity contribution is 5.73. The smallest absolute Gasteiger partial charge is 0.475 e. The molecule has 8 nitrogen and oxygen atoms in total. The third kappa shape index (κ3) is 9.92. The Balaban J connectivity index is 0.000000324. The van der Waals surface area contributed by atoms with Gasteiger partial charge in [0.1, 0.15) is 0 Å². The van der Waals surface area contributed by atoms with Gasteiger partial charge in [0.25, 0.3) is 0 Å². The molecule has 33 heavy (non-hydrogen) atoms. The Morgan fingerprint density at radius 2 is 1.67 bits per heavy atom. The quantitative estimate of drug-likeness (QED) is 0.625. The van der Waals surface area contributed by atoms with Crippen LogP contribution in [0.15, 0.2) is 24.5 Å². The van der Waals surface area contributed by atoms with E-state index < -0.39 is 24.3 Å². The van der Waals surface area contributed by atoms with Gasteiger partial charge in [0.2, 0.25) is 0 Å². The van der Waals surface area contributed by atoms with Gasteiger partial charge in [-0.15, -0.1) is 0 Å². The van der Waals surface area contributed by atoms with E-state index >= 15 is 0 Å². The van der Waals surface area contributed by atoms with Gasteiger partial charge in [-0.2, -0.15) is 26.3 Å². The van der Waals surface area contributed by atoms with E-state index in [1.54, 1.807) is 0 Å². The number of fused-ring (bicyclic) bond motifs is 1. The van der Waals surface area contributed by atoms with Crippen LogP contribution in [0.5, 0.6) is 0 Å². The number of rotatable bonds is 3. The zero-order chi connectivity index (χ0) is 25.4. The normalized spacial score (nSPS) is 21.4. The number of pyridine rings is 1. The molecule has 2 aliphatic rings. The van der Waals surface area contributed by atoms with Crippen LogP contribution in [0.3, 0.4) is 0 Å². The molecule has 0 aromatic carbocycles. The fourth-order valence-electron chi connectivity index (χ4n) is 3.31. The summed E-state index contributed by atoms with van der Waals surface area (Å²) >= 11 is 0. The number of ether oxygens (including phenoxy) is 1. The number of hydrogen-bond acceptors (Lipinski definition) is 6. The van der Waals surface area contributed by atoms with Gasteiger partial charge in [0.15, 0.2) is 0 Å². The third-order valence-electron chi connectivity index (χ3n) is 4.70. The largest absolute Gasteiger partial charge is 0.490 e. The van der Waals surface area contributed by atoms with E-state index in [4.69, 9.17) is 24.5 Å². The second-order valence-corrected chi connectivity index (χ2v) is 7.47. The third-order valence-corrected chi connectivity index (χ3v) is 4.70. The summed E-state index contributed by atoms with van der Waals surface area (Å²) in [4.78, 5) is 27.1. The van der Waals surface area contributed by atoms with Crippen LogP contribution in [0.4, 0.5) is 26.3 Å². The minimum atomic E-state index is -5.08. The van der Waals surface area contributed by atoms with Crippen molar-refractivity contribution in [3.8, 4) is 0 Å². The molecule has 0 aliphatic carbocycles.